The van der Waals surface area contributed by atoms with E-state index in [1.165, 1.54) is 6.42 Å². The Morgan fingerprint density at radius 3 is 2.04 bits per heavy atom. The van der Waals surface area contributed by atoms with Crippen molar-refractivity contribution in [1.29, 1.82) is 0 Å². The minimum Gasteiger partial charge on any atom is -0.493 e. The number of hydrogen-bond donors (Lipinski definition) is 0. The van der Waals surface area contributed by atoms with Crippen LogP contribution >= 0.6 is 0 Å². The number of piperidine rings is 1. The van der Waals surface area contributed by atoms with Gasteiger partial charge in [-0.3, -0.25) is 4.79 Å². The Kier molecular flexibility index (Phi) is 6.13. The first kappa shape index (κ1) is 17.4. The molecule has 1 amide bonds. The van der Waals surface area contributed by atoms with Crippen molar-refractivity contribution in [3.8, 4) is 17.2 Å². The summed E-state index contributed by atoms with van der Waals surface area (Å²) >= 11 is 0. The molecule has 2 rings (SSSR count). The summed E-state index contributed by atoms with van der Waals surface area (Å²) in [5.74, 6) is 1.75. The van der Waals surface area contributed by atoms with Crippen molar-refractivity contribution in [1.82, 2.24) is 4.90 Å². The van der Waals surface area contributed by atoms with Crippen LogP contribution in [0.4, 0.5) is 0 Å². The summed E-state index contributed by atoms with van der Waals surface area (Å²) in [6.45, 7) is 3.76. The highest BCUT2D eigenvalue weighted by Crippen LogP contribution is 2.41. The molecule has 5 nitrogen and oxygen atoms in total. The van der Waals surface area contributed by atoms with Gasteiger partial charge < -0.3 is 19.1 Å². The van der Waals surface area contributed by atoms with Gasteiger partial charge in [-0.2, -0.15) is 0 Å². The molecule has 128 valence electrons. The molecule has 0 N–H and O–H groups in total. The zero-order valence-corrected chi connectivity index (χ0v) is 14.6. The van der Waals surface area contributed by atoms with Crippen LogP contribution < -0.4 is 14.2 Å². The topological polar surface area (TPSA) is 48.0 Å². The second kappa shape index (κ2) is 8.09. The van der Waals surface area contributed by atoms with Gasteiger partial charge in [0.2, 0.25) is 11.7 Å². The van der Waals surface area contributed by atoms with E-state index in [-0.39, 0.29) is 11.8 Å². The number of hydrogen-bond acceptors (Lipinski definition) is 4. The lowest BCUT2D eigenvalue weighted by Gasteiger charge is -2.30. The standard InChI is InChI=1S/C18H27NO4/c1-5-14(18(20)19-9-7-6-8-10-19)13-11-15(21-2)17(23-4)16(12-13)22-3/h11-12,14H,5-10H2,1-4H3/t14-/m0/s1. The quantitative estimate of drug-likeness (QED) is 0.807. The van der Waals surface area contributed by atoms with Gasteiger partial charge in [0, 0.05) is 13.1 Å². The summed E-state index contributed by atoms with van der Waals surface area (Å²) in [6, 6.07) is 3.77. The fourth-order valence-corrected chi connectivity index (χ4v) is 3.19. The Hall–Kier alpha value is -1.91. The largest absolute Gasteiger partial charge is 0.493 e. The predicted octanol–water partition coefficient (Wildman–Crippen LogP) is 3.22. The zero-order chi connectivity index (χ0) is 16.8. The number of amides is 1. The Morgan fingerprint density at radius 2 is 1.61 bits per heavy atom. The maximum Gasteiger partial charge on any atom is 0.230 e. The average Bonchev–Trinajstić information content (AvgIpc) is 2.61. The van der Waals surface area contributed by atoms with E-state index >= 15 is 0 Å². The van der Waals surface area contributed by atoms with E-state index in [4.69, 9.17) is 14.2 Å². The first-order valence-electron chi connectivity index (χ1n) is 8.24. The third kappa shape index (κ3) is 3.71. The van der Waals surface area contributed by atoms with E-state index in [1.807, 2.05) is 24.0 Å². The molecule has 0 saturated carbocycles. The van der Waals surface area contributed by atoms with Gasteiger partial charge in [0.15, 0.2) is 11.5 Å². The van der Waals surface area contributed by atoms with Crippen molar-refractivity contribution in [3.63, 3.8) is 0 Å². The van der Waals surface area contributed by atoms with Crippen LogP contribution in [-0.4, -0.2) is 45.2 Å². The second-order valence-electron chi connectivity index (χ2n) is 5.81. The highest BCUT2D eigenvalue weighted by atomic mass is 16.5. The minimum absolute atomic E-state index is 0.179. The van der Waals surface area contributed by atoms with Gasteiger partial charge in [0.25, 0.3) is 0 Å². The Labute approximate surface area is 138 Å². The molecular formula is C18H27NO4. The van der Waals surface area contributed by atoms with Gasteiger partial charge in [-0.15, -0.1) is 0 Å². The van der Waals surface area contributed by atoms with Gasteiger partial charge in [-0.25, -0.2) is 0 Å². The fourth-order valence-electron chi connectivity index (χ4n) is 3.19. The van der Waals surface area contributed by atoms with Crippen molar-refractivity contribution in [2.24, 2.45) is 0 Å². The third-order valence-electron chi connectivity index (χ3n) is 4.46. The van der Waals surface area contributed by atoms with Gasteiger partial charge >= 0.3 is 0 Å². The smallest absolute Gasteiger partial charge is 0.230 e. The fraction of sp³-hybridized carbons (Fsp3) is 0.611. The molecule has 1 aliphatic rings. The van der Waals surface area contributed by atoms with Crippen molar-refractivity contribution < 1.29 is 19.0 Å². The van der Waals surface area contributed by atoms with E-state index in [2.05, 4.69) is 0 Å². The Bertz CT molecular complexity index is 513. The van der Waals surface area contributed by atoms with Gasteiger partial charge in [-0.05, 0) is 43.4 Å². The minimum atomic E-state index is -0.179. The summed E-state index contributed by atoms with van der Waals surface area (Å²) in [5, 5.41) is 0. The van der Waals surface area contributed by atoms with Crippen LogP contribution in [0.1, 0.15) is 44.1 Å². The zero-order valence-electron chi connectivity index (χ0n) is 14.6. The molecule has 1 aromatic rings. The summed E-state index contributed by atoms with van der Waals surface area (Å²) in [6.07, 6.45) is 4.15. The third-order valence-corrected chi connectivity index (χ3v) is 4.46. The molecule has 1 atom stereocenters. The number of rotatable bonds is 6. The SMILES string of the molecule is CC[C@H](C(=O)N1CCCCC1)c1cc(OC)c(OC)c(OC)c1. The van der Waals surface area contributed by atoms with E-state index in [0.29, 0.717) is 17.2 Å². The molecule has 0 aliphatic carbocycles. The summed E-state index contributed by atoms with van der Waals surface area (Å²) in [5.41, 5.74) is 0.914. The number of benzene rings is 1. The molecule has 1 aromatic carbocycles. The van der Waals surface area contributed by atoms with Crippen LogP contribution in [0, 0.1) is 0 Å². The molecule has 0 bridgehead atoms. The lowest BCUT2D eigenvalue weighted by atomic mass is 9.93. The molecule has 1 heterocycles. The van der Waals surface area contributed by atoms with Gasteiger partial charge in [-0.1, -0.05) is 6.92 Å². The molecular weight excluding hydrogens is 294 g/mol. The maximum atomic E-state index is 12.9. The first-order valence-corrected chi connectivity index (χ1v) is 8.24. The van der Waals surface area contributed by atoms with Crippen LogP contribution in [0.2, 0.25) is 0 Å². The van der Waals surface area contributed by atoms with Gasteiger partial charge in [0.1, 0.15) is 0 Å². The average molecular weight is 321 g/mol. The van der Waals surface area contributed by atoms with Crippen LogP contribution in [0.15, 0.2) is 12.1 Å². The van der Waals surface area contributed by atoms with E-state index in [0.717, 1.165) is 37.9 Å². The number of ether oxygens (including phenoxy) is 3. The van der Waals surface area contributed by atoms with Crippen LogP contribution in [0.5, 0.6) is 17.2 Å². The lowest BCUT2D eigenvalue weighted by Crippen LogP contribution is -2.38. The Morgan fingerprint density at radius 1 is 1.04 bits per heavy atom. The summed E-state index contributed by atoms with van der Waals surface area (Å²) < 4.78 is 16.2. The Balaban J connectivity index is 2.34. The van der Waals surface area contributed by atoms with Crippen molar-refractivity contribution in [2.75, 3.05) is 34.4 Å². The van der Waals surface area contributed by atoms with E-state index in [9.17, 15) is 4.79 Å². The second-order valence-corrected chi connectivity index (χ2v) is 5.81. The summed E-state index contributed by atoms with van der Waals surface area (Å²) in [4.78, 5) is 14.9. The van der Waals surface area contributed by atoms with Crippen molar-refractivity contribution in [2.45, 2.75) is 38.5 Å². The molecule has 0 spiro atoms. The monoisotopic (exact) mass is 321 g/mol. The van der Waals surface area contributed by atoms with Crippen LogP contribution in [-0.2, 0) is 4.79 Å². The highest BCUT2D eigenvalue weighted by molar-refractivity contribution is 5.84. The summed E-state index contributed by atoms with van der Waals surface area (Å²) in [7, 11) is 4.76. The van der Waals surface area contributed by atoms with Crippen LogP contribution in [0.25, 0.3) is 0 Å². The number of carbonyl (C=O) groups excluding carboxylic acids is 1. The molecule has 23 heavy (non-hydrogen) atoms. The molecule has 0 unspecified atom stereocenters. The molecule has 0 aromatic heterocycles. The molecule has 1 aliphatic heterocycles. The number of nitrogens with zero attached hydrogens (tertiary/aromatic N) is 1. The molecule has 0 radical (unpaired) electrons. The van der Waals surface area contributed by atoms with E-state index < -0.39 is 0 Å². The first-order chi connectivity index (χ1) is 11.2. The highest BCUT2D eigenvalue weighted by Gasteiger charge is 2.27. The van der Waals surface area contributed by atoms with Crippen LogP contribution in [0.3, 0.4) is 0 Å². The normalized spacial score (nSPS) is 15.9. The molecule has 1 fully saturated rings. The number of methoxy groups -OCH3 is 3. The predicted molar refractivity (Wildman–Crippen MR) is 89.6 cm³/mol. The lowest BCUT2D eigenvalue weighted by molar-refractivity contribution is -0.133. The maximum absolute atomic E-state index is 12.9. The number of carbonyl (C=O) groups is 1. The van der Waals surface area contributed by atoms with Gasteiger partial charge in [0.05, 0.1) is 27.2 Å². The molecule has 1 saturated heterocycles. The van der Waals surface area contributed by atoms with E-state index in [1.54, 1.807) is 21.3 Å². The molecule has 5 heteroatoms. The number of likely N-dealkylation sites (tertiary alicyclic amines) is 1. The van der Waals surface area contributed by atoms with Crippen molar-refractivity contribution in [3.05, 3.63) is 17.7 Å². The van der Waals surface area contributed by atoms with Crippen molar-refractivity contribution >= 4 is 5.91 Å².